The van der Waals surface area contributed by atoms with Crippen LogP contribution in [0.15, 0.2) is 18.2 Å². The highest BCUT2D eigenvalue weighted by Crippen LogP contribution is 2.50. The third kappa shape index (κ3) is 9.48. The van der Waals surface area contributed by atoms with Crippen molar-refractivity contribution in [1.82, 2.24) is 0 Å². The summed E-state index contributed by atoms with van der Waals surface area (Å²) in [6.07, 6.45) is 6.95. The number of benzene rings is 1. The molecular weight excluding hydrogens is 512 g/mol. The topological polar surface area (TPSA) is 74.2 Å². The Kier molecular flexibility index (Phi) is 15.7. The molecule has 0 spiro atoms. The molecule has 5 atom stereocenters. The SMILES string of the molecule is CCCCOC[C@H]1SC(O)(c2ccc(Cl)c(C=O)c2)[C@H](OCCCC)[C@@H](OCCCC)[C@@H]1OCCCC. The van der Waals surface area contributed by atoms with Gasteiger partial charge in [0.25, 0.3) is 0 Å². The minimum atomic E-state index is -1.48. The van der Waals surface area contributed by atoms with E-state index >= 15 is 0 Å². The van der Waals surface area contributed by atoms with Crippen molar-refractivity contribution in [2.24, 2.45) is 0 Å². The maximum absolute atomic E-state index is 12.4. The van der Waals surface area contributed by atoms with Crippen LogP contribution in [0.5, 0.6) is 0 Å². The van der Waals surface area contributed by atoms with Crippen LogP contribution in [0.25, 0.3) is 0 Å². The van der Waals surface area contributed by atoms with Crippen LogP contribution >= 0.6 is 23.4 Å². The number of ether oxygens (including phenoxy) is 4. The number of halogens is 1. The maximum Gasteiger partial charge on any atom is 0.165 e. The van der Waals surface area contributed by atoms with Gasteiger partial charge in [0.05, 0.1) is 16.9 Å². The van der Waals surface area contributed by atoms with E-state index in [-0.39, 0.29) is 11.4 Å². The summed E-state index contributed by atoms with van der Waals surface area (Å²) in [4.78, 5) is 10.2. The number of aliphatic hydroxyl groups is 1. The normalized spacial score (nSPS) is 25.9. The van der Waals surface area contributed by atoms with Crippen molar-refractivity contribution >= 4 is 29.6 Å². The number of hydrogen-bond acceptors (Lipinski definition) is 7. The van der Waals surface area contributed by atoms with Crippen molar-refractivity contribution in [3.8, 4) is 0 Å². The van der Waals surface area contributed by atoms with Crippen LogP contribution in [0, 0.1) is 0 Å². The van der Waals surface area contributed by atoms with Crippen LogP contribution in [0.2, 0.25) is 5.02 Å². The van der Waals surface area contributed by atoms with Gasteiger partial charge in [0, 0.05) is 32.0 Å². The van der Waals surface area contributed by atoms with Gasteiger partial charge in [-0.15, -0.1) is 11.8 Å². The highest BCUT2D eigenvalue weighted by Gasteiger charge is 2.56. The average Bonchev–Trinajstić information content (AvgIpc) is 2.90. The van der Waals surface area contributed by atoms with E-state index < -0.39 is 17.1 Å². The van der Waals surface area contributed by atoms with E-state index in [1.54, 1.807) is 18.2 Å². The molecule has 1 heterocycles. The molecule has 0 aromatic heterocycles. The van der Waals surface area contributed by atoms with Gasteiger partial charge in [0.15, 0.2) is 11.2 Å². The summed E-state index contributed by atoms with van der Waals surface area (Å²) in [6.45, 7) is 11.2. The van der Waals surface area contributed by atoms with E-state index in [0.29, 0.717) is 55.5 Å². The minimum Gasteiger partial charge on any atom is -0.380 e. The summed E-state index contributed by atoms with van der Waals surface area (Å²) in [7, 11) is 0. The second-order valence-corrected chi connectivity index (χ2v) is 11.5. The van der Waals surface area contributed by atoms with E-state index in [0.717, 1.165) is 51.4 Å². The van der Waals surface area contributed by atoms with Gasteiger partial charge in [-0.25, -0.2) is 0 Å². The van der Waals surface area contributed by atoms with E-state index in [4.69, 9.17) is 30.5 Å². The molecule has 1 saturated heterocycles. The van der Waals surface area contributed by atoms with Crippen molar-refractivity contribution in [2.75, 3.05) is 33.0 Å². The number of unbranched alkanes of at least 4 members (excludes halogenated alkanes) is 4. The molecule has 0 aliphatic carbocycles. The quantitative estimate of drug-likeness (QED) is 0.148. The zero-order chi connectivity index (χ0) is 27.1. The molecule has 1 fully saturated rings. The summed E-state index contributed by atoms with van der Waals surface area (Å²) >= 11 is 7.62. The molecule has 0 saturated carbocycles. The van der Waals surface area contributed by atoms with Gasteiger partial charge in [-0.05, 0) is 43.4 Å². The van der Waals surface area contributed by atoms with Crippen molar-refractivity contribution in [3.63, 3.8) is 0 Å². The lowest BCUT2D eigenvalue weighted by Gasteiger charge is -2.50. The fourth-order valence-corrected chi connectivity index (χ4v) is 6.06. The zero-order valence-electron chi connectivity index (χ0n) is 23.1. The Morgan fingerprint density at radius 2 is 1.46 bits per heavy atom. The number of rotatable bonds is 19. The molecular formula is C29H47ClO6S. The Labute approximate surface area is 233 Å². The summed E-state index contributed by atoms with van der Waals surface area (Å²) in [5, 5.41) is 12.6. The summed E-state index contributed by atoms with van der Waals surface area (Å²) < 4.78 is 25.5. The lowest BCUT2D eigenvalue weighted by Crippen LogP contribution is -2.61. The van der Waals surface area contributed by atoms with Gasteiger partial charge in [0.2, 0.25) is 0 Å². The predicted octanol–water partition coefficient (Wildman–Crippen LogP) is 6.79. The van der Waals surface area contributed by atoms with Crippen molar-refractivity contribution in [1.29, 1.82) is 0 Å². The highest BCUT2D eigenvalue weighted by atomic mass is 35.5. The second-order valence-electron chi connectivity index (χ2n) is 9.66. The third-order valence-electron chi connectivity index (χ3n) is 6.58. The van der Waals surface area contributed by atoms with Crippen LogP contribution in [0.3, 0.4) is 0 Å². The first-order valence-corrected chi connectivity index (χ1v) is 15.3. The first kappa shape index (κ1) is 32.5. The Hall–Kier alpha value is -0.670. The molecule has 6 nitrogen and oxygen atoms in total. The molecule has 1 unspecified atom stereocenters. The Bertz CT molecular complexity index is 781. The molecule has 1 N–H and O–H groups in total. The first-order valence-electron chi connectivity index (χ1n) is 14.0. The molecule has 1 aromatic carbocycles. The van der Waals surface area contributed by atoms with Gasteiger partial charge in [0.1, 0.15) is 18.3 Å². The van der Waals surface area contributed by atoms with E-state index in [2.05, 4.69) is 27.7 Å². The fourth-order valence-electron chi connectivity index (χ4n) is 4.31. The van der Waals surface area contributed by atoms with E-state index in [1.165, 1.54) is 11.8 Å². The lowest BCUT2D eigenvalue weighted by atomic mass is 9.92. The van der Waals surface area contributed by atoms with Gasteiger partial charge >= 0.3 is 0 Å². The third-order valence-corrected chi connectivity index (χ3v) is 8.46. The number of hydrogen-bond donors (Lipinski definition) is 1. The summed E-state index contributed by atoms with van der Waals surface area (Å²) in [5.74, 6) is 0. The standard InChI is InChI=1S/C29H47ClO6S/c1-5-9-15-33-21-25-26(34-16-10-6-2)27(35-17-11-7-3)28(36-18-12-8-4)29(32,37-25)23-13-14-24(30)22(19-23)20-31/h13-14,19-20,25-28,32H,5-12,15-18,21H2,1-4H3/t25-,26-,27+,28-,29?/m1/s1. The first-order chi connectivity index (χ1) is 18.0. The van der Waals surface area contributed by atoms with Crippen LogP contribution < -0.4 is 0 Å². The zero-order valence-corrected chi connectivity index (χ0v) is 24.7. The molecule has 1 aliphatic rings. The molecule has 8 heteroatoms. The largest absolute Gasteiger partial charge is 0.380 e. The van der Waals surface area contributed by atoms with Crippen LogP contribution in [0.4, 0.5) is 0 Å². The molecule has 0 amide bonds. The van der Waals surface area contributed by atoms with Gasteiger partial charge in [-0.1, -0.05) is 71.0 Å². The monoisotopic (exact) mass is 558 g/mol. The smallest absolute Gasteiger partial charge is 0.165 e. The van der Waals surface area contributed by atoms with Gasteiger partial charge < -0.3 is 24.1 Å². The lowest BCUT2D eigenvalue weighted by molar-refractivity contribution is -0.190. The second kappa shape index (κ2) is 17.8. The highest BCUT2D eigenvalue weighted by molar-refractivity contribution is 8.00. The summed E-state index contributed by atoms with van der Waals surface area (Å²) in [6, 6.07) is 5.09. The molecule has 2 rings (SSSR count). The molecule has 1 aliphatic heterocycles. The Morgan fingerprint density at radius 3 is 2.05 bits per heavy atom. The molecule has 212 valence electrons. The summed E-state index contributed by atoms with van der Waals surface area (Å²) in [5.41, 5.74) is 0.904. The van der Waals surface area contributed by atoms with Crippen molar-refractivity contribution < 1.29 is 28.8 Å². The fraction of sp³-hybridized carbons (Fsp3) is 0.759. The number of aldehydes is 1. The molecule has 0 bridgehead atoms. The van der Waals surface area contributed by atoms with Gasteiger partial charge in [-0.3, -0.25) is 4.79 Å². The molecule has 37 heavy (non-hydrogen) atoms. The minimum absolute atomic E-state index is 0.188. The Balaban J connectivity index is 2.52. The van der Waals surface area contributed by atoms with Crippen molar-refractivity contribution in [3.05, 3.63) is 34.3 Å². The predicted molar refractivity (Wildman–Crippen MR) is 152 cm³/mol. The van der Waals surface area contributed by atoms with Gasteiger partial charge in [-0.2, -0.15) is 0 Å². The maximum atomic E-state index is 12.4. The Morgan fingerprint density at radius 1 is 0.892 bits per heavy atom. The van der Waals surface area contributed by atoms with E-state index in [9.17, 15) is 9.90 Å². The number of thioether (sulfide) groups is 1. The molecule has 1 aromatic rings. The van der Waals surface area contributed by atoms with E-state index in [1.807, 2.05) is 0 Å². The van der Waals surface area contributed by atoms with Crippen LogP contribution in [-0.2, 0) is 23.9 Å². The van der Waals surface area contributed by atoms with Crippen LogP contribution in [-0.4, -0.2) is 68.0 Å². The number of carbonyl (C=O) groups excluding carboxylic acids is 1. The van der Waals surface area contributed by atoms with Crippen molar-refractivity contribution in [2.45, 2.75) is 108 Å². The average molecular weight is 559 g/mol. The number of carbonyl (C=O) groups is 1. The molecule has 0 radical (unpaired) electrons. The van der Waals surface area contributed by atoms with Crippen LogP contribution in [0.1, 0.15) is 95.0 Å².